The Morgan fingerprint density at radius 2 is 2.04 bits per heavy atom. The monoisotopic (exact) mass is 336 g/mol. The predicted octanol–water partition coefficient (Wildman–Crippen LogP) is 3.46. The fraction of sp³-hybridized carbons (Fsp3) is 0.105. The molecule has 2 heterocycles. The van der Waals surface area contributed by atoms with E-state index in [1.807, 2.05) is 23.6 Å². The molecule has 0 aliphatic heterocycles. The van der Waals surface area contributed by atoms with Crippen LogP contribution in [0.15, 0.2) is 66.7 Å². The third-order valence-corrected chi connectivity index (χ3v) is 3.85. The molecule has 25 heavy (non-hydrogen) atoms. The maximum Gasteiger partial charge on any atom is 0.222 e. The summed E-state index contributed by atoms with van der Waals surface area (Å²) in [6.45, 7) is 6.08. The van der Waals surface area contributed by atoms with Crippen LogP contribution in [0.4, 0.5) is 4.39 Å². The second-order valence-corrected chi connectivity index (χ2v) is 5.47. The lowest BCUT2D eigenvalue weighted by atomic mass is 10.1. The van der Waals surface area contributed by atoms with Crippen LogP contribution < -0.4 is 0 Å². The van der Waals surface area contributed by atoms with Crippen LogP contribution in [0.1, 0.15) is 22.5 Å². The molecule has 0 aliphatic carbocycles. The van der Waals surface area contributed by atoms with Crippen molar-refractivity contribution in [2.75, 3.05) is 0 Å². The summed E-state index contributed by atoms with van der Waals surface area (Å²) in [6, 6.07) is 10.2. The Morgan fingerprint density at radius 3 is 2.72 bits per heavy atom. The maximum atomic E-state index is 14.1. The number of aliphatic imine (C=N–C) groups is 1. The Labute approximate surface area is 144 Å². The van der Waals surface area contributed by atoms with E-state index in [1.54, 1.807) is 30.6 Å². The number of hydrogen-bond donors (Lipinski definition) is 1. The highest BCUT2D eigenvalue weighted by Gasteiger charge is 2.18. The van der Waals surface area contributed by atoms with Crippen LogP contribution in [0.2, 0.25) is 0 Å². The largest absolute Gasteiger partial charge is 0.508 e. The number of aromatic hydroxyl groups is 1. The summed E-state index contributed by atoms with van der Waals surface area (Å²) in [6.07, 6.45) is 4.44. The zero-order valence-corrected chi connectivity index (χ0v) is 13.7. The van der Waals surface area contributed by atoms with Crippen LogP contribution in [0.5, 0.6) is 5.75 Å². The van der Waals surface area contributed by atoms with Gasteiger partial charge in [-0.15, -0.1) is 0 Å². The Morgan fingerprint density at radius 1 is 1.28 bits per heavy atom. The Hall–Kier alpha value is -3.28. The third kappa shape index (κ3) is 3.47. The molecule has 0 radical (unpaired) electrons. The molecule has 3 aromatic rings. The number of nitrogens with zero attached hydrogens (tertiary/aromatic N) is 4. The minimum atomic E-state index is -0.601. The summed E-state index contributed by atoms with van der Waals surface area (Å²) in [5, 5.41) is 9.38. The van der Waals surface area contributed by atoms with Gasteiger partial charge >= 0.3 is 0 Å². The van der Waals surface area contributed by atoms with Crippen molar-refractivity contribution in [2.45, 2.75) is 13.5 Å². The number of phenolic OH excluding ortho intramolecular Hbond substituents is 1. The quantitative estimate of drug-likeness (QED) is 0.573. The van der Waals surface area contributed by atoms with Gasteiger partial charge in [-0.25, -0.2) is 9.97 Å². The normalized spacial score (nSPS) is 11.5. The number of hydrogen-bond acceptors (Lipinski definition) is 4. The molecule has 2 aromatic heterocycles. The summed E-state index contributed by atoms with van der Waals surface area (Å²) in [4.78, 5) is 12.3. The molecule has 0 unspecified atom stereocenters. The van der Waals surface area contributed by atoms with Gasteiger partial charge in [0.25, 0.3) is 0 Å². The molecule has 1 aromatic carbocycles. The highest BCUT2D eigenvalue weighted by atomic mass is 19.1. The van der Waals surface area contributed by atoms with Crippen LogP contribution in [0.3, 0.4) is 0 Å². The molecule has 5 nitrogen and oxygen atoms in total. The number of imidazole rings is 1. The average Bonchev–Trinajstić information content (AvgIpc) is 2.96. The lowest BCUT2D eigenvalue weighted by Gasteiger charge is -2.08. The zero-order chi connectivity index (χ0) is 17.8. The standard InChI is InChI=1S/C19H17FN4O/c1-3-21-18(16-5-4-10-22-19(16)20)17-13(2)24(12-23-17)11-14-6-8-15(25)9-7-14/h3-10,12,25H,1,11H2,2H3. The van der Waals surface area contributed by atoms with Crippen LogP contribution in [-0.4, -0.2) is 25.4 Å². The molecule has 0 aliphatic rings. The van der Waals surface area contributed by atoms with Crippen LogP contribution in [0.25, 0.3) is 0 Å². The van der Waals surface area contributed by atoms with Crippen molar-refractivity contribution in [2.24, 2.45) is 4.99 Å². The summed E-state index contributed by atoms with van der Waals surface area (Å²) < 4.78 is 16.0. The Kier molecular flexibility index (Phi) is 4.70. The summed E-state index contributed by atoms with van der Waals surface area (Å²) in [5.74, 6) is -0.380. The highest BCUT2D eigenvalue weighted by Crippen LogP contribution is 2.18. The van der Waals surface area contributed by atoms with Gasteiger partial charge in [0.15, 0.2) is 0 Å². The first kappa shape index (κ1) is 16.6. The van der Waals surface area contributed by atoms with E-state index in [1.165, 1.54) is 12.4 Å². The van der Waals surface area contributed by atoms with Gasteiger partial charge in [0.1, 0.15) is 17.2 Å². The maximum absolute atomic E-state index is 14.1. The zero-order valence-electron chi connectivity index (χ0n) is 13.7. The first-order valence-electron chi connectivity index (χ1n) is 7.69. The van der Waals surface area contributed by atoms with E-state index < -0.39 is 5.95 Å². The van der Waals surface area contributed by atoms with Crippen LogP contribution in [0, 0.1) is 12.9 Å². The van der Waals surface area contributed by atoms with E-state index >= 15 is 0 Å². The van der Waals surface area contributed by atoms with Gasteiger partial charge in [0.2, 0.25) is 5.95 Å². The molecule has 0 bridgehead atoms. The Bertz CT molecular complexity index is 929. The van der Waals surface area contributed by atoms with Gasteiger partial charge < -0.3 is 9.67 Å². The SMILES string of the molecule is C=CN=C(c1cccnc1F)c1ncn(Cc2ccc(O)cc2)c1C. The van der Waals surface area contributed by atoms with Gasteiger partial charge in [-0.2, -0.15) is 4.39 Å². The van der Waals surface area contributed by atoms with E-state index in [0.717, 1.165) is 11.3 Å². The summed E-state index contributed by atoms with van der Waals surface area (Å²) >= 11 is 0. The molecule has 0 saturated heterocycles. The molecule has 0 amide bonds. The fourth-order valence-corrected chi connectivity index (χ4v) is 2.55. The Balaban J connectivity index is 1.98. The van der Waals surface area contributed by atoms with Crippen molar-refractivity contribution in [1.82, 2.24) is 14.5 Å². The van der Waals surface area contributed by atoms with Gasteiger partial charge in [-0.3, -0.25) is 4.99 Å². The molecule has 3 rings (SSSR count). The smallest absolute Gasteiger partial charge is 0.222 e. The summed E-state index contributed by atoms with van der Waals surface area (Å²) in [7, 11) is 0. The van der Waals surface area contributed by atoms with Crippen molar-refractivity contribution in [3.63, 3.8) is 0 Å². The average molecular weight is 336 g/mol. The van der Waals surface area contributed by atoms with E-state index in [9.17, 15) is 9.50 Å². The predicted molar refractivity (Wildman–Crippen MR) is 94.2 cm³/mol. The lowest BCUT2D eigenvalue weighted by molar-refractivity contribution is 0.475. The van der Waals surface area contributed by atoms with Gasteiger partial charge in [-0.05, 0) is 36.8 Å². The van der Waals surface area contributed by atoms with E-state index in [2.05, 4.69) is 21.5 Å². The van der Waals surface area contributed by atoms with Gasteiger partial charge in [0, 0.05) is 24.6 Å². The van der Waals surface area contributed by atoms with Crippen molar-refractivity contribution < 1.29 is 9.50 Å². The molecule has 126 valence electrons. The van der Waals surface area contributed by atoms with Gasteiger partial charge in [-0.1, -0.05) is 18.7 Å². The fourth-order valence-electron chi connectivity index (χ4n) is 2.55. The van der Waals surface area contributed by atoms with Gasteiger partial charge in [0.05, 0.1) is 11.9 Å². The number of rotatable bonds is 5. The molecule has 0 spiro atoms. The minimum Gasteiger partial charge on any atom is -0.508 e. The number of aromatic nitrogens is 3. The second-order valence-electron chi connectivity index (χ2n) is 5.47. The molecule has 0 atom stereocenters. The van der Waals surface area contributed by atoms with E-state index in [-0.39, 0.29) is 11.3 Å². The van der Waals surface area contributed by atoms with Crippen molar-refractivity contribution in [3.8, 4) is 5.75 Å². The number of phenols is 1. The van der Waals surface area contributed by atoms with Crippen LogP contribution >= 0.6 is 0 Å². The van der Waals surface area contributed by atoms with E-state index in [0.29, 0.717) is 18.0 Å². The first-order chi connectivity index (χ1) is 12.1. The first-order valence-corrected chi connectivity index (χ1v) is 7.69. The molecule has 1 N–H and O–H groups in total. The summed E-state index contributed by atoms with van der Waals surface area (Å²) in [5.41, 5.74) is 3.10. The molecular weight excluding hydrogens is 319 g/mol. The topological polar surface area (TPSA) is 63.3 Å². The van der Waals surface area contributed by atoms with Crippen molar-refractivity contribution >= 4 is 5.71 Å². The molecule has 0 fully saturated rings. The van der Waals surface area contributed by atoms with Crippen molar-refractivity contribution in [3.05, 3.63) is 90.2 Å². The van der Waals surface area contributed by atoms with Crippen LogP contribution in [-0.2, 0) is 6.54 Å². The molecule has 0 saturated carbocycles. The lowest BCUT2D eigenvalue weighted by Crippen LogP contribution is -2.10. The highest BCUT2D eigenvalue weighted by molar-refractivity contribution is 6.12. The number of benzene rings is 1. The molecular formula is C19H17FN4O. The number of halogens is 1. The second kappa shape index (κ2) is 7.09. The van der Waals surface area contributed by atoms with Crippen molar-refractivity contribution in [1.29, 1.82) is 0 Å². The van der Waals surface area contributed by atoms with E-state index in [4.69, 9.17) is 0 Å². The minimum absolute atomic E-state index is 0.222. The molecule has 6 heteroatoms. The number of pyridine rings is 1. The third-order valence-electron chi connectivity index (χ3n) is 3.85.